The van der Waals surface area contributed by atoms with Crippen LogP contribution in [0.3, 0.4) is 0 Å². The number of anilines is 1. The summed E-state index contributed by atoms with van der Waals surface area (Å²) >= 11 is 0. The summed E-state index contributed by atoms with van der Waals surface area (Å²) in [5.74, 6) is -6.80. The van der Waals surface area contributed by atoms with E-state index in [1.807, 2.05) is 0 Å². The molecule has 0 radical (unpaired) electrons. The number of nitrogens with two attached hydrogens (primary N) is 1. The molecule has 0 atom stereocenters. The number of alkyl halides is 2. The van der Waals surface area contributed by atoms with Crippen molar-refractivity contribution in [3.8, 4) is 5.69 Å². The average molecular weight is 436 g/mol. The Morgan fingerprint density at radius 2 is 1.87 bits per heavy atom. The Labute approximate surface area is 172 Å². The zero-order chi connectivity index (χ0) is 22.8. The molecule has 2 aromatic carbocycles. The highest BCUT2D eigenvalue weighted by Gasteiger charge is 2.34. The molecule has 31 heavy (non-hydrogen) atoms. The molecule has 1 amide bonds. The van der Waals surface area contributed by atoms with Crippen LogP contribution < -0.4 is 16.6 Å². The molecule has 0 saturated carbocycles. The van der Waals surface area contributed by atoms with Gasteiger partial charge in [0.2, 0.25) is 0 Å². The van der Waals surface area contributed by atoms with E-state index < -0.39 is 53.4 Å². The Morgan fingerprint density at radius 1 is 1.16 bits per heavy atom. The number of aliphatic hydroxyl groups is 1. The maximum absolute atomic E-state index is 14.4. The molecule has 162 valence electrons. The summed E-state index contributed by atoms with van der Waals surface area (Å²) in [6, 6.07) is 9.23. The van der Waals surface area contributed by atoms with Crippen LogP contribution in [0.2, 0.25) is 0 Å². The van der Waals surface area contributed by atoms with E-state index in [4.69, 9.17) is 10.8 Å². The highest BCUT2D eigenvalue weighted by Crippen LogP contribution is 2.30. The van der Waals surface area contributed by atoms with Gasteiger partial charge in [-0.3, -0.25) is 9.59 Å². The largest absolute Gasteiger partial charge is 0.397 e. The number of carbonyl (C=O) groups excluding carboxylic acids is 1. The molecule has 0 aliphatic carbocycles. The molecule has 4 N–H and O–H groups in total. The number of rotatable bonds is 6. The normalized spacial score (nSPS) is 11.4. The van der Waals surface area contributed by atoms with Crippen LogP contribution in [0.4, 0.5) is 23.2 Å². The minimum atomic E-state index is -3.80. The number of hydrogen-bond donors (Lipinski definition) is 3. The highest BCUT2D eigenvalue weighted by molar-refractivity contribution is 5.96. The fourth-order valence-electron chi connectivity index (χ4n) is 2.79. The highest BCUT2D eigenvalue weighted by atomic mass is 19.3. The third-order valence-corrected chi connectivity index (χ3v) is 4.37. The van der Waals surface area contributed by atoms with Gasteiger partial charge in [0.1, 0.15) is 23.9 Å². The smallest absolute Gasteiger partial charge is 0.298 e. The molecule has 0 aliphatic heterocycles. The molecule has 11 heteroatoms. The van der Waals surface area contributed by atoms with Gasteiger partial charge in [0.25, 0.3) is 17.4 Å². The Morgan fingerprint density at radius 3 is 2.55 bits per heavy atom. The molecule has 0 saturated heterocycles. The van der Waals surface area contributed by atoms with Gasteiger partial charge in [0.05, 0.1) is 11.3 Å². The quantitative estimate of drug-likeness (QED) is 0.513. The number of hydrogen-bond acceptors (Lipinski definition) is 5. The second kappa shape index (κ2) is 8.56. The number of aromatic nitrogens is 2. The van der Waals surface area contributed by atoms with Crippen molar-refractivity contribution in [2.75, 3.05) is 12.3 Å². The molecule has 1 aromatic heterocycles. The average Bonchev–Trinajstić information content (AvgIpc) is 2.73. The van der Waals surface area contributed by atoms with Gasteiger partial charge in [0.15, 0.2) is 5.69 Å². The summed E-state index contributed by atoms with van der Waals surface area (Å²) in [7, 11) is 0. The number of benzene rings is 2. The summed E-state index contributed by atoms with van der Waals surface area (Å²) in [5.41, 5.74) is 2.62. The molecule has 0 fully saturated rings. The summed E-state index contributed by atoms with van der Waals surface area (Å²) < 4.78 is 56.4. The van der Waals surface area contributed by atoms with Gasteiger partial charge < -0.3 is 16.2 Å². The van der Waals surface area contributed by atoms with E-state index in [0.29, 0.717) is 4.68 Å². The molecule has 3 aromatic rings. The van der Waals surface area contributed by atoms with E-state index in [1.54, 1.807) is 0 Å². The summed E-state index contributed by atoms with van der Waals surface area (Å²) in [4.78, 5) is 24.6. The van der Waals surface area contributed by atoms with Crippen LogP contribution in [0.1, 0.15) is 21.6 Å². The first-order valence-corrected chi connectivity index (χ1v) is 8.85. The molecule has 3 rings (SSSR count). The van der Waals surface area contributed by atoms with E-state index in [1.165, 1.54) is 24.3 Å². The van der Waals surface area contributed by atoms with Gasteiger partial charge in [0, 0.05) is 18.2 Å². The molecular formula is C20H16F4N4O3. The number of aliphatic hydroxyl groups excluding tert-OH is 1. The molecular weight excluding hydrogens is 420 g/mol. The van der Waals surface area contributed by atoms with Crippen molar-refractivity contribution < 1.29 is 27.5 Å². The van der Waals surface area contributed by atoms with Crippen LogP contribution >= 0.6 is 0 Å². The van der Waals surface area contributed by atoms with Crippen molar-refractivity contribution in [3.63, 3.8) is 0 Å². The lowest BCUT2D eigenvalue weighted by atomic mass is 10.0. The Kier molecular flexibility index (Phi) is 6.07. The van der Waals surface area contributed by atoms with Gasteiger partial charge in [-0.05, 0) is 18.2 Å². The minimum Gasteiger partial charge on any atom is -0.397 e. The minimum absolute atomic E-state index is 0.216. The fraction of sp³-hybridized carbons (Fsp3) is 0.150. The second-order valence-corrected chi connectivity index (χ2v) is 6.47. The molecule has 0 aliphatic rings. The van der Waals surface area contributed by atoms with E-state index in [2.05, 4.69) is 10.4 Å². The first-order chi connectivity index (χ1) is 14.7. The number of amides is 1. The summed E-state index contributed by atoms with van der Waals surface area (Å²) in [6.07, 6.45) is 0. The topological polar surface area (TPSA) is 110 Å². The van der Waals surface area contributed by atoms with Crippen LogP contribution in [0.15, 0.2) is 53.3 Å². The number of nitrogens with zero attached hydrogens (tertiary/aromatic N) is 2. The number of para-hydroxylation sites is 1. The standard InChI is InChI=1S/C20H16F4N4O3/c21-13-6-1-2-7-15(13)28-16(30)8-14(25)18(27-28)19(31)26-9-11-4-3-5-12(17(11)22)20(23,24)10-29/h1-8,29H,9-10,25H2,(H,26,31). The first-order valence-electron chi connectivity index (χ1n) is 8.85. The van der Waals surface area contributed by atoms with Crippen molar-refractivity contribution in [3.05, 3.63) is 87.3 Å². The van der Waals surface area contributed by atoms with Crippen LogP contribution in [0.5, 0.6) is 0 Å². The number of nitrogens with one attached hydrogen (secondary N) is 1. The molecule has 7 nitrogen and oxygen atoms in total. The van der Waals surface area contributed by atoms with Gasteiger partial charge in [-0.25, -0.2) is 8.78 Å². The molecule has 0 spiro atoms. The van der Waals surface area contributed by atoms with Gasteiger partial charge in [-0.1, -0.05) is 24.3 Å². The van der Waals surface area contributed by atoms with E-state index >= 15 is 0 Å². The lowest BCUT2D eigenvalue weighted by molar-refractivity contribution is -0.0583. The van der Waals surface area contributed by atoms with Gasteiger partial charge in [-0.2, -0.15) is 18.6 Å². The van der Waals surface area contributed by atoms with Crippen molar-refractivity contribution in [2.24, 2.45) is 0 Å². The number of nitrogen functional groups attached to an aromatic ring is 1. The van der Waals surface area contributed by atoms with E-state index in [9.17, 15) is 27.2 Å². The van der Waals surface area contributed by atoms with Gasteiger partial charge >= 0.3 is 0 Å². The zero-order valence-electron chi connectivity index (χ0n) is 15.8. The number of halogens is 4. The van der Waals surface area contributed by atoms with Crippen LogP contribution in [0.25, 0.3) is 5.69 Å². The zero-order valence-corrected chi connectivity index (χ0v) is 15.8. The monoisotopic (exact) mass is 436 g/mol. The van der Waals surface area contributed by atoms with Crippen molar-refractivity contribution in [1.82, 2.24) is 15.1 Å². The Bertz CT molecular complexity index is 1200. The lowest BCUT2D eigenvalue weighted by Crippen LogP contribution is -2.31. The van der Waals surface area contributed by atoms with E-state index in [0.717, 1.165) is 24.3 Å². The van der Waals surface area contributed by atoms with Crippen molar-refractivity contribution in [1.29, 1.82) is 0 Å². The third-order valence-electron chi connectivity index (χ3n) is 4.37. The third kappa shape index (κ3) is 4.40. The summed E-state index contributed by atoms with van der Waals surface area (Å²) in [5, 5.41) is 14.8. The first kappa shape index (κ1) is 22.0. The molecule has 0 unspecified atom stereocenters. The lowest BCUT2D eigenvalue weighted by Gasteiger charge is -2.16. The molecule has 0 bridgehead atoms. The fourth-order valence-corrected chi connectivity index (χ4v) is 2.79. The Balaban J connectivity index is 1.89. The molecule has 1 heterocycles. The summed E-state index contributed by atoms with van der Waals surface area (Å²) in [6.45, 7) is -2.10. The van der Waals surface area contributed by atoms with Crippen molar-refractivity contribution >= 4 is 11.6 Å². The van der Waals surface area contributed by atoms with Gasteiger partial charge in [-0.15, -0.1) is 0 Å². The van der Waals surface area contributed by atoms with Crippen LogP contribution in [0, 0.1) is 11.6 Å². The Hall–Kier alpha value is -3.73. The predicted octanol–water partition coefficient (Wildman–Crippen LogP) is 2.11. The van der Waals surface area contributed by atoms with E-state index in [-0.39, 0.29) is 16.9 Å². The van der Waals surface area contributed by atoms with Crippen LogP contribution in [-0.4, -0.2) is 27.4 Å². The van der Waals surface area contributed by atoms with Crippen molar-refractivity contribution in [2.45, 2.75) is 12.5 Å². The van der Waals surface area contributed by atoms with Crippen LogP contribution in [-0.2, 0) is 12.5 Å². The maximum atomic E-state index is 14.4. The maximum Gasteiger partial charge on any atom is 0.298 e. The predicted molar refractivity (Wildman–Crippen MR) is 103 cm³/mol. The number of carbonyl (C=O) groups is 1. The SMILES string of the molecule is Nc1cc(=O)n(-c2ccccc2F)nc1C(=O)NCc1cccc(C(F)(F)CO)c1F. The second-order valence-electron chi connectivity index (χ2n) is 6.47.